The molecular formula is C18H42. The Balaban J connectivity index is -0.000000200. The standard InChI is InChI=1S/C8H18.C6H14.C4H10/c1-3-5-7-8-6-4-2;1-3-5-6-4-2;1-3-4-2/h3-8H2,1-2H3;3-6H2,1-2H3;3-4H2,1-2H3. The Hall–Kier alpha value is 0. The van der Waals surface area contributed by atoms with Gasteiger partial charge in [0.15, 0.2) is 0 Å². The summed E-state index contributed by atoms with van der Waals surface area (Å²) in [5, 5.41) is 0. The third kappa shape index (κ3) is 44.4. The summed E-state index contributed by atoms with van der Waals surface area (Å²) in [5.74, 6) is 0. The van der Waals surface area contributed by atoms with Gasteiger partial charge in [0.2, 0.25) is 0 Å². The molecular weight excluding hydrogens is 216 g/mol. The van der Waals surface area contributed by atoms with Gasteiger partial charge in [0.1, 0.15) is 0 Å². The van der Waals surface area contributed by atoms with E-state index in [0.717, 1.165) is 0 Å². The molecule has 0 nitrogen and oxygen atoms in total. The molecule has 0 aliphatic rings. The SMILES string of the molecule is CCCC.CCCCCC.CCCCCCCC. The highest BCUT2D eigenvalue weighted by molar-refractivity contribution is 4.39. The summed E-state index contributed by atoms with van der Waals surface area (Å²) >= 11 is 0. The maximum atomic E-state index is 2.26. The van der Waals surface area contributed by atoms with Gasteiger partial charge in [-0.2, -0.15) is 0 Å². The fraction of sp³-hybridized carbons (Fsp3) is 1.00. The minimum Gasteiger partial charge on any atom is -0.0654 e. The van der Waals surface area contributed by atoms with Crippen LogP contribution >= 0.6 is 0 Å². The van der Waals surface area contributed by atoms with Gasteiger partial charge >= 0.3 is 0 Å². The average Bonchev–Trinajstić information content (AvgIpc) is 2.42. The highest BCUT2D eigenvalue weighted by atomic mass is 13.9. The van der Waals surface area contributed by atoms with Crippen LogP contribution in [-0.4, -0.2) is 0 Å². The van der Waals surface area contributed by atoms with Gasteiger partial charge in [-0.25, -0.2) is 0 Å². The Morgan fingerprint density at radius 2 is 0.500 bits per heavy atom. The predicted octanol–water partition coefficient (Wildman–Crippen LogP) is 7.76. The molecule has 0 radical (unpaired) electrons. The van der Waals surface area contributed by atoms with Crippen molar-refractivity contribution in [2.45, 2.75) is 119 Å². The van der Waals surface area contributed by atoms with Crippen molar-refractivity contribution < 1.29 is 0 Å². The first-order chi connectivity index (χ1) is 8.74. The van der Waals surface area contributed by atoms with Crippen LogP contribution in [0.25, 0.3) is 0 Å². The fourth-order valence-electron chi connectivity index (χ4n) is 1.35. The summed E-state index contributed by atoms with van der Waals surface area (Å²) in [6, 6.07) is 0. The molecule has 0 N–H and O–H groups in total. The molecule has 0 saturated heterocycles. The summed E-state index contributed by atoms with van der Waals surface area (Å²) in [5.41, 5.74) is 0. The lowest BCUT2D eigenvalue weighted by Gasteiger charge is -1.93. The van der Waals surface area contributed by atoms with E-state index in [0.29, 0.717) is 0 Å². The molecule has 0 aliphatic carbocycles. The number of hydrogen-bond donors (Lipinski definition) is 0. The molecule has 0 saturated carbocycles. The van der Waals surface area contributed by atoms with E-state index >= 15 is 0 Å². The molecule has 0 rings (SSSR count). The molecule has 0 aromatic carbocycles. The van der Waals surface area contributed by atoms with E-state index in [9.17, 15) is 0 Å². The monoisotopic (exact) mass is 258 g/mol. The maximum absolute atomic E-state index is 2.26. The normalized spacial score (nSPS) is 9.00. The van der Waals surface area contributed by atoms with Crippen LogP contribution in [0.1, 0.15) is 119 Å². The van der Waals surface area contributed by atoms with Crippen LogP contribution < -0.4 is 0 Å². The molecule has 0 unspecified atom stereocenters. The van der Waals surface area contributed by atoms with Gasteiger partial charge in [-0.15, -0.1) is 0 Å². The van der Waals surface area contributed by atoms with Crippen molar-refractivity contribution in [1.29, 1.82) is 0 Å². The average molecular weight is 259 g/mol. The van der Waals surface area contributed by atoms with E-state index in [1.165, 1.54) is 77.0 Å². The highest BCUT2D eigenvalue weighted by Gasteiger charge is 1.83. The van der Waals surface area contributed by atoms with E-state index in [2.05, 4.69) is 41.5 Å². The second-order valence-corrected chi connectivity index (χ2v) is 5.12. The number of unbranched alkanes of at least 4 members (excludes halogenated alkanes) is 9. The van der Waals surface area contributed by atoms with Crippen LogP contribution in [0.15, 0.2) is 0 Å². The largest absolute Gasteiger partial charge is 0.0654 e. The lowest BCUT2D eigenvalue weighted by molar-refractivity contribution is 0.624. The Morgan fingerprint density at radius 1 is 0.278 bits per heavy atom. The fourth-order valence-corrected chi connectivity index (χ4v) is 1.35. The van der Waals surface area contributed by atoms with Crippen molar-refractivity contribution in [1.82, 2.24) is 0 Å². The second-order valence-electron chi connectivity index (χ2n) is 5.12. The van der Waals surface area contributed by atoms with Gasteiger partial charge in [0, 0.05) is 0 Å². The number of hydrogen-bond acceptors (Lipinski definition) is 0. The predicted molar refractivity (Wildman–Crippen MR) is 89.4 cm³/mol. The molecule has 18 heavy (non-hydrogen) atoms. The molecule has 0 heterocycles. The van der Waals surface area contributed by atoms with Crippen molar-refractivity contribution >= 4 is 0 Å². The molecule has 114 valence electrons. The first-order valence-electron chi connectivity index (χ1n) is 8.74. The van der Waals surface area contributed by atoms with E-state index in [4.69, 9.17) is 0 Å². The molecule has 0 spiro atoms. The maximum Gasteiger partial charge on any atom is -0.0533 e. The summed E-state index contributed by atoms with van der Waals surface area (Å²) in [4.78, 5) is 0. The zero-order chi connectivity index (χ0) is 14.5. The minimum absolute atomic E-state index is 1.32. The Morgan fingerprint density at radius 3 is 0.667 bits per heavy atom. The molecule has 0 aliphatic heterocycles. The topological polar surface area (TPSA) is 0 Å². The molecule has 0 amide bonds. The van der Waals surface area contributed by atoms with Crippen LogP contribution in [0, 0.1) is 0 Å². The van der Waals surface area contributed by atoms with Gasteiger partial charge in [-0.3, -0.25) is 0 Å². The van der Waals surface area contributed by atoms with Gasteiger partial charge in [-0.05, 0) is 0 Å². The minimum atomic E-state index is 1.32. The van der Waals surface area contributed by atoms with E-state index < -0.39 is 0 Å². The zero-order valence-corrected chi connectivity index (χ0v) is 14.5. The van der Waals surface area contributed by atoms with E-state index in [1.807, 2.05) is 0 Å². The van der Waals surface area contributed by atoms with Crippen LogP contribution in [0.4, 0.5) is 0 Å². The van der Waals surface area contributed by atoms with Crippen LogP contribution in [0.5, 0.6) is 0 Å². The Bertz CT molecular complexity index is 74.0. The van der Waals surface area contributed by atoms with Crippen molar-refractivity contribution in [2.75, 3.05) is 0 Å². The van der Waals surface area contributed by atoms with Crippen molar-refractivity contribution in [3.63, 3.8) is 0 Å². The lowest BCUT2D eigenvalue weighted by atomic mass is 10.1. The van der Waals surface area contributed by atoms with Crippen LogP contribution in [-0.2, 0) is 0 Å². The molecule has 0 aromatic rings. The van der Waals surface area contributed by atoms with Gasteiger partial charge in [0.25, 0.3) is 0 Å². The molecule has 0 fully saturated rings. The quantitative estimate of drug-likeness (QED) is 0.371. The highest BCUT2D eigenvalue weighted by Crippen LogP contribution is 2.03. The van der Waals surface area contributed by atoms with Gasteiger partial charge in [-0.1, -0.05) is 119 Å². The molecule has 0 atom stereocenters. The first kappa shape index (κ1) is 23.1. The van der Waals surface area contributed by atoms with Crippen LogP contribution in [0.2, 0.25) is 0 Å². The van der Waals surface area contributed by atoms with Crippen LogP contribution in [0.3, 0.4) is 0 Å². The zero-order valence-electron chi connectivity index (χ0n) is 14.5. The molecule has 0 heteroatoms. The van der Waals surface area contributed by atoms with Crippen molar-refractivity contribution in [2.24, 2.45) is 0 Å². The summed E-state index contributed by atoms with van der Waals surface area (Å²) in [6.45, 7) is 13.3. The molecule has 0 bridgehead atoms. The van der Waals surface area contributed by atoms with E-state index in [-0.39, 0.29) is 0 Å². The third-order valence-corrected chi connectivity index (χ3v) is 2.91. The summed E-state index contributed by atoms with van der Waals surface area (Å²) in [6.07, 6.45) is 16.7. The van der Waals surface area contributed by atoms with E-state index in [1.54, 1.807) is 0 Å². The Kier molecular flexibility index (Phi) is 38.8. The number of rotatable bonds is 9. The lowest BCUT2D eigenvalue weighted by Crippen LogP contribution is -1.73. The Labute approximate surface area is 119 Å². The van der Waals surface area contributed by atoms with Crippen molar-refractivity contribution in [3.05, 3.63) is 0 Å². The van der Waals surface area contributed by atoms with Gasteiger partial charge in [0.05, 0.1) is 0 Å². The molecule has 0 aromatic heterocycles. The summed E-state index contributed by atoms with van der Waals surface area (Å²) in [7, 11) is 0. The smallest absolute Gasteiger partial charge is 0.0533 e. The first-order valence-corrected chi connectivity index (χ1v) is 8.74. The van der Waals surface area contributed by atoms with Crippen molar-refractivity contribution in [3.8, 4) is 0 Å². The third-order valence-electron chi connectivity index (χ3n) is 2.91. The second kappa shape index (κ2) is 30.2. The van der Waals surface area contributed by atoms with Gasteiger partial charge < -0.3 is 0 Å². The summed E-state index contributed by atoms with van der Waals surface area (Å²) < 4.78 is 0.